The molecule has 0 saturated carbocycles. The summed E-state index contributed by atoms with van der Waals surface area (Å²) in [6.45, 7) is 1.66. The summed E-state index contributed by atoms with van der Waals surface area (Å²) < 4.78 is 30.6. The second kappa shape index (κ2) is 7.21. The fourth-order valence-corrected chi connectivity index (χ4v) is 3.57. The number of aromatic amines is 1. The van der Waals surface area contributed by atoms with Crippen LogP contribution in [0.4, 0.5) is 14.6 Å². The summed E-state index contributed by atoms with van der Waals surface area (Å²) in [5, 5.41) is 16.8. The molecule has 0 radical (unpaired) electrons. The molecule has 1 fully saturated rings. The monoisotopic (exact) mass is 396 g/mol. The first kappa shape index (κ1) is 17.7. The van der Waals surface area contributed by atoms with Gasteiger partial charge in [-0.2, -0.15) is 15.4 Å². The van der Waals surface area contributed by atoms with Gasteiger partial charge in [0.2, 0.25) is 0 Å². The van der Waals surface area contributed by atoms with Crippen LogP contribution in [-0.2, 0) is 0 Å². The molecule has 1 unspecified atom stereocenters. The Balaban J connectivity index is 1.52. The van der Waals surface area contributed by atoms with E-state index in [-0.39, 0.29) is 17.6 Å². The molecule has 148 valence electrons. The summed E-state index contributed by atoms with van der Waals surface area (Å²) >= 11 is 0. The average Bonchev–Trinajstić information content (AvgIpc) is 3.40. The third-order valence-corrected chi connectivity index (χ3v) is 5.03. The quantitative estimate of drug-likeness (QED) is 0.491. The molecule has 29 heavy (non-hydrogen) atoms. The van der Waals surface area contributed by atoms with Crippen LogP contribution in [0.1, 0.15) is 12.8 Å². The second-order valence-corrected chi connectivity index (χ2v) is 6.98. The molecule has 0 bridgehead atoms. The molecule has 3 N–H and O–H groups in total. The maximum Gasteiger partial charge on any atom is 0.168 e. The molecule has 0 spiro atoms. The van der Waals surface area contributed by atoms with Crippen LogP contribution in [-0.4, -0.2) is 48.9 Å². The number of rotatable bonds is 4. The van der Waals surface area contributed by atoms with Crippen molar-refractivity contribution in [3.8, 4) is 22.6 Å². The number of pyridine rings is 2. The van der Waals surface area contributed by atoms with E-state index >= 15 is 0 Å². The first-order valence-corrected chi connectivity index (χ1v) is 9.36. The molecule has 1 saturated heterocycles. The van der Waals surface area contributed by atoms with Crippen LogP contribution in [0.2, 0.25) is 0 Å². The summed E-state index contributed by atoms with van der Waals surface area (Å²) in [7, 11) is 0. The number of piperidine rings is 1. The molecule has 10 heteroatoms. The standard InChI is InChI=1S/C19H18F2N8/c20-13-7-14(21)19(25-12-2-1-4-22-8-12)26-18(13)16-10-23-17-6-11(3-5-29(16)17)15-9-24-28-27-15/h3,5-7,9-10,12,22H,1-2,4,8H2,(H,25,26)(H,24,27,28). The van der Waals surface area contributed by atoms with Gasteiger partial charge in [0.15, 0.2) is 17.5 Å². The lowest BCUT2D eigenvalue weighted by molar-refractivity contribution is 0.475. The van der Waals surface area contributed by atoms with E-state index in [9.17, 15) is 8.78 Å². The number of anilines is 1. The predicted octanol–water partition coefficient (Wildman–Crippen LogP) is 2.62. The number of fused-ring (bicyclic) bond motifs is 1. The summed E-state index contributed by atoms with van der Waals surface area (Å²) in [6, 6.07) is 4.56. The minimum absolute atomic E-state index is 0.0411. The molecule has 8 nitrogen and oxygen atoms in total. The van der Waals surface area contributed by atoms with Crippen LogP contribution in [0.5, 0.6) is 0 Å². The number of nitrogens with zero attached hydrogens (tertiary/aromatic N) is 5. The second-order valence-electron chi connectivity index (χ2n) is 6.98. The van der Waals surface area contributed by atoms with Gasteiger partial charge in [-0.3, -0.25) is 4.40 Å². The number of H-pyrrole nitrogens is 1. The maximum absolute atomic E-state index is 14.6. The third-order valence-electron chi connectivity index (χ3n) is 5.03. The van der Waals surface area contributed by atoms with E-state index in [1.165, 1.54) is 6.20 Å². The molecule has 0 aromatic carbocycles. The zero-order valence-corrected chi connectivity index (χ0v) is 15.4. The fraction of sp³-hybridized carbons (Fsp3) is 0.263. The Labute approximate surface area is 164 Å². The van der Waals surface area contributed by atoms with E-state index in [2.05, 4.69) is 36.0 Å². The first-order valence-electron chi connectivity index (χ1n) is 9.36. The lowest BCUT2D eigenvalue weighted by Gasteiger charge is -2.24. The van der Waals surface area contributed by atoms with Gasteiger partial charge in [0, 0.05) is 30.4 Å². The number of halogens is 2. The largest absolute Gasteiger partial charge is 0.364 e. The van der Waals surface area contributed by atoms with Gasteiger partial charge in [-0.05, 0) is 31.5 Å². The zero-order chi connectivity index (χ0) is 19.8. The van der Waals surface area contributed by atoms with Crippen LogP contribution >= 0.6 is 0 Å². The van der Waals surface area contributed by atoms with Crippen molar-refractivity contribution in [3.63, 3.8) is 0 Å². The van der Waals surface area contributed by atoms with Gasteiger partial charge in [-0.25, -0.2) is 18.7 Å². The minimum atomic E-state index is -0.739. The lowest BCUT2D eigenvalue weighted by atomic mass is 10.1. The van der Waals surface area contributed by atoms with Crippen molar-refractivity contribution in [2.24, 2.45) is 0 Å². The number of aromatic nitrogens is 6. The van der Waals surface area contributed by atoms with E-state index in [0.29, 0.717) is 23.6 Å². The van der Waals surface area contributed by atoms with Crippen molar-refractivity contribution in [1.29, 1.82) is 0 Å². The van der Waals surface area contributed by atoms with Crippen molar-refractivity contribution in [2.45, 2.75) is 18.9 Å². The van der Waals surface area contributed by atoms with Crippen LogP contribution in [0.15, 0.2) is 36.8 Å². The smallest absolute Gasteiger partial charge is 0.168 e. The van der Waals surface area contributed by atoms with Gasteiger partial charge >= 0.3 is 0 Å². The molecule has 5 rings (SSSR count). The topological polar surface area (TPSA) is 95.8 Å². The van der Waals surface area contributed by atoms with E-state index in [4.69, 9.17) is 0 Å². The Hall–Kier alpha value is -3.40. The Morgan fingerprint density at radius 3 is 2.90 bits per heavy atom. The number of hydrogen-bond acceptors (Lipinski definition) is 6. The number of nitrogens with one attached hydrogen (secondary N) is 3. The van der Waals surface area contributed by atoms with Gasteiger partial charge in [-0.15, -0.1) is 0 Å². The van der Waals surface area contributed by atoms with Gasteiger partial charge in [0.1, 0.15) is 17.0 Å². The van der Waals surface area contributed by atoms with Crippen LogP contribution in [0.25, 0.3) is 28.3 Å². The summed E-state index contributed by atoms with van der Waals surface area (Å²) in [5.74, 6) is -1.40. The highest BCUT2D eigenvalue weighted by Crippen LogP contribution is 2.27. The molecule has 1 aliphatic rings. The predicted molar refractivity (Wildman–Crippen MR) is 103 cm³/mol. The molecule has 5 heterocycles. The summed E-state index contributed by atoms with van der Waals surface area (Å²) in [4.78, 5) is 8.60. The average molecular weight is 396 g/mol. The van der Waals surface area contributed by atoms with E-state index in [1.807, 2.05) is 12.1 Å². The highest BCUT2D eigenvalue weighted by molar-refractivity contribution is 5.68. The van der Waals surface area contributed by atoms with Gasteiger partial charge in [0.25, 0.3) is 0 Å². The summed E-state index contributed by atoms with van der Waals surface area (Å²) in [6.07, 6.45) is 6.78. The van der Waals surface area contributed by atoms with Crippen molar-refractivity contribution >= 4 is 11.5 Å². The van der Waals surface area contributed by atoms with Gasteiger partial charge in [0.05, 0.1) is 18.1 Å². The minimum Gasteiger partial charge on any atom is -0.364 e. The zero-order valence-electron chi connectivity index (χ0n) is 15.4. The number of hydrogen-bond donors (Lipinski definition) is 3. The van der Waals surface area contributed by atoms with E-state index < -0.39 is 11.6 Å². The molecule has 0 amide bonds. The Morgan fingerprint density at radius 1 is 1.17 bits per heavy atom. The molecule has 4 aromatic heterocycles. The maximum atomic E-state index is 14.6. The Kier molecular flexibility index (Phi) is 4.39. The molecular formula is C19H18F2N8. The number of imidazole rings is 1. The Bertz CT molecular complexity index is 1150. The lowest BCUT2D eigenvalue weighted by Crippen LogP contribution is -2.38. The van der Waals surface area contributed by atoms with Crippen molar-refractivity contribution in [2.75, 3.05) is 18.4 Å². The van der Waals surface area contributed by atoms with Gasteiger partial charge in [-0.1, -0.05) is 0 Å². The first-order chi connectivity index (χ1) is 14.2. The SMILES string of the molecule is Fc1cc(F)c(-c2cnc3cc(-c4cn[nH]n4)ccn23)nc1NC1CCCNC1. The van der Waals surface area contributed by atoms with Crippen LogP contribution < -0.4 is 10.6 Å². The van der Waals surface area contributed by atoms with Crippen LogP contribution in [0, 0.1) is 11.6 Å². The molecule has 1 atom stereocenters. The third kappa shape index (κ3) is 3.31. The van der Waals surface area contributed by atoms with Crippen molar-refractivity contribution in [3.05, 3.63) is 48.4 Å². The molecule has 0 aliphatic carbocycles. The fourth-order valence-electron chi connectivity index (χ4n) is 3.57. The van der Waals surface area contributed by atoms with Crippen LogP contribution in [0.3, 0.4) is 0 Å². The summed E-state index contributed by atoms with van der Waals surface area (Å²) in [5.41, 5.74) is 2.57. The molecule has 1 aliphatic heterocycles. The highest BCUT2D eigenvalue weighted by Gasteiger charge is 2.20. The highest BCUT2D eigenvalue weighted by atomic mass is 19.1. The Morgan fingerprint density at radius 2 is 2.10 bits per heavy atom. The van der Waals surface area contributed by atoms with E-state index in [0.717, 1.165) is 31.0 Å². The van der Waals surface area contributed by atoms with E-state index in [1.54, 1.807) is 16.8 Å². The van der Waals surface area contributed by atoms with Gasteiger partial charge < -0.3 is 10.6 Å². The normalized spacial score (nSPS) is 17.0. The van der Waals surface area contributed by atoms with Crippen molar-refractivity contribution < 1.29 is 8.78 Å². The molecule has 4 aromatic rings. The van der Waals surface area contributed by atoms with Crippen molar-refractivity contribution in [1.82, 2.24) is 35.1 Å². The molecular weight excluding hydrogens is 378 g/mol.